The first-order chi connectivity index (χ1) is 22.8. The maximum absolute atomic E-state index is 15.4. The van der Waals surface area contributed by atoms with Gasteiger partial charge in [0, 0.05) is 29.4 Å². The molecule has 13 heteroatoms. The maximum atomic E-state index is 15.4. The average molecular weight is 693 g/mol. The third kappa shape index (κ3) is 6.90. The molecular weight excluding hydrogens is 651 g/mol. The van der Waals surface area contributed by atoms with Crippen molar-refractivity contribution in [2.24, 2.45) is 11.8 Å². The van der Waals surface area contributed by atoms with Crippen LogP contribution in [0.5, 0.6) is 0 Å². The summed E-state index contributed by atoms with van der Waals surface area (Å²) in [6.45, 7) is 5.44. The highest BCUT2D eigenvalue weighted by Gasteiger charge is 2.58. The molecule has 2 aromatic rings. The van der Waals surface area contributed by atoms with E-state index in [2.05, 4.69) is 4.74 Å². The SMILES string of the molecule is COC(=O)C(=O)C1CCC(C(=O)N2CCC3(Cc4ccc(F)cc4)c4ccc(C(C)(F)C(F)(F)F)cc4N(C(=O)OC(C)(C)C)CC23)CC1. The molecule has 0 spiro atoms. The van der Waals surface area contributed by atoms with E-state index < -0.39 is 70.0 Å². The number of benzene rings is 2. The van der Waals surface area contributed by atoms with Gasteiger partial charge in [0.15, 0.2) is 0 Å². The Hall–Kier alpha value is -4.03. The van der Waals surface area contributed by atoms with Gasteiger partial charge < -0.3 is 14.4 Å². The van der Waals surface area contributed by atoms with Crippen molar-refractivity contribution in [2.75, 3.05) is 25.1 Å². The van der Waals surface area contributed by atoms with E-state index in [0.717, 1.165) is 19.2 Å². The molecule has 8 nitrogen and oxygen atoms in total. The number of halogens is 5. The molecule has 1 saturated heterocycles. The Balaban J connectivity index is 1.58. The summed E-state index contributed by atoms with van der Waals surface area (Å²) >= 11 is 0. The number of fused-ring (bicyclic) bond motifs is 3. The zero-order valence-corrected chi connectivity index (χ0v) is 28.2. The number of methoxy groups -OCH3 is 1. The van der Waals surface area contributed by atoms with Crippen LogP contribution in [0.3, 0.4) is 0 Å². The van der Waals surface area contributed by atoms with Gasteiger partial charge in [-0.2, -0.15) is 13.2 Å². The highest BCUT2D eigenvalue weighted by Crippen LogP contribution is 2.53. The molecule has 2 heterocycles. The first-order valence-corrected chi connectivity index (χ1v) is 16.4. The first kappa shape index (κ1) is 36.3. The Morgan fingerprint density at radius 2 is 1.51 bits per heavy atom. The summed E-state index contributed by atoms with van der Waals surface area (Å²) in [5.41, 5.74) is -5.14. The molecule has 0 radical (unpaired) electrons. The first-order valence-electron chi connectivity index (χ1n) is 16.4. The van der Waals surface area contributed by atoms with Crippen LogP contribution in [0.25, 0.3) is 0 Å². The molecule has 2 fully saturated rings. The molecule has 1 saturated carbocycles. The van der Waals surface area contributed by atoms with Gasteiger partial charge in [-0.1, -0.05) is 24.3 Å². The van der Waals surface area contributed by atoms with E-state index in [-0.39, 0.29) is 31.1 Å². The van der Waals surface area contributed by atoms with E-state index in [1.165, 1.54) is 23.1 Å². The molecule has 3 aliphatic rings. The Morgan fingerprint density at radius 3 is 2.08 bits per heavy atom. The lowest BCUT2D eigenvalue weighted by atomic mass is 9.66. The molecular formula is C36H41F5N2O6. The van der Waals surface area contributed by atoms with Crippen LogP contribution in [-0.4, -0.2) is 66.7 Å². The van der Waals surface area contributed by atoms with E-state index in [0.29, 0.717) is 50.2 Å². The van der Waals surface area contributed by atoms with Gasteiger partial charge in [0.2, 0.25) is 17.4 Å². The van der Waals surface area contributed by atoms with Crippen LogP contribution < -0.4 is 4.90 Å². The minimum Gasteiger partial charge on any atom is -0.463 e. The van der Waals surface area contributed by atoms with Gasteiger partial charge in [-0.05, 0) is 95.5 Å². The minimum atomic E-state index is -5.24. The highest BCUT2D eigenvalue weighted by atomic mass is 19.4. The van der Waals surface area contributed by atoms with Gasteiger partial charge in [0.1, 0.15) is 11.4 Å². The maximum Gasteiger partial charge on any atom is 0.426 e. The summed E-state index contributed by atoms with van der Waals surface area (Å²) in [4.78, 5) is 55.1. The largest absolute Gasteiger partial charge is 0.463 e. The predicted molar refractivity (Wildman–Crippen MR) is 169 cm³/mol. The van der Waals surface area contributed by atoms with Gasteiger partial charge in [0.05, 0.1) is 25.4 Å². The highest BCUT2D eigenvalue weighted by molar-refractivity contribution is 6.34. The molecule has 0 N–H and O–H groups in total. The summed E-state index contributed by atoms with van der Waals surface area (Å²) in [5, 5.41) is 0. The van der Waals surface area contributed by atoms with Gasteiger partial charge in [0.25, 0.3) is 0 Å². The summed E-state index contributed by atoms with van der Waals surface area (Å²) in [5.74, 6) is -3.23. The topological polar surface area (TPSA) is 93.2 Å². The summed E-state index contributed by atoms with van der Waals surface area (Å²) in [6, 6.07) is 8.63. The van der Waals surface area contributed by atoms with Crippen LogP contribution in [0.4, 0.5) is 32.4 Å². The van der Waals surface area contributed by atoms with Gasteiger partial charge >= 0.3 is 18.2 Å². The molecule has 0 aromatic heterocycles. The van der Waals surface area contributed by atoms with Gasteiger partial charge in [-0.15, -0.1) is 0 Å². The molecule has 2 aliphatic heterocycles. The number of esters is 1. The number of alkyl halides is 4. The van der Waals surface area contributed by atoms with E-state index in [1.807, 2.05) is 0 Å². The monoisotopic (exact) mass is 692 g/mol. The van der Waals surface area contributed by atoms with Crippen molar-refractivity contribution in [3.63, 3.8) is 0 Å². The van der Waals surface area contributed by atoms with Crippen molar-refractivity contribution in [1.29, 1.82) is 0 Å². The Kier molecular flexibility index (Phi) is 9.63. The number of hydrogen-bond acceptors (Lipinski definition) is 6. The number of carbonyl (C=O) groups excluding carboxylic acids is 4. The van der Waals surface area contributed by atoms with Crippen molar-refractivity contribution in [2.45, 2.75) is 95.1 Å². The number of amides is 2. The van der Waals surface area contributed by atoms with Crippen LogP contribution in [0, 0.1) is 17.7 Å². The van der Waals surface area contributed by atoms with E-state index in [9.17, 15) is 36.7 Å². The van der Waals surface area contributed by atoms with Crippen LogP contribution in [-0.2, 0) is 41.4 Å². The fourth-order valence-electron chi connectivity index (χ4n) is 7.56. The molecule has 0 bridgehead atoms. The van der Waals surface area contributed by atoms with E-state index >= 15 is 4.39 Å². The lowest BCUT2D eigenvalue weighted by molar-refractivity contribution is -0.228. The van der Waals surface area contributed by atoms with Crippen molar-refractivity contribution in [3.8, 4) is 0 Å². The zero-order valence-electron chi connectivity index (χ0n) is 28.2. The number of likely N-dealkylation sites (tertiary alicyclic amines) is 1. The Labute approximate surface area is 281 Å². The lowest BCUT2D eigenvalue weighted by Gasteiger charge is -2.48. The number of hydrogen-bond donors (Lipinski definition) is 0. The predicted octanol–water partition coefficient (Wildman–Crippen LogP) is 6.96. The number of anilines is 1. The van der Waals surface area contributed by atoms with Crippen LogP contribution in [0.1, 0.15) is 76.5 Å². The molecule has 5 rings (SSSR count). The second-order valence-corrected chi connectivity index (χ2v) is 14.5. The number of Topliss-reactive ketones (excluding diaryl/α,β-unsaturated/α-hetero) is 1. The zero-order chi connectivity index (χ0) is 36.1. The van der Waals surface area contributed by atoms with Crippen molar-refractivity contribution in [1.82, 2.24) is 4.90 Å². The Morgan fingerprint density at radius 1 is 0.898 bits per heavy atom. The van der Waals surface area contributed by atoms with Gasteiger partial charge in [-0.3, -0.25) is 14.5 Å². The average Bonchev–Trinajstić information content (AvgIpc) is 3.41. The smallest absolute Gasteiger partial charge is 0.426 e. The number of rotatable bonds is 6. The minimum absolute atomic E-state index is 0.0503. The van der Waals surface area contributed by atoms with Crippen LogP contribution in [0.2, 0.25) is 0 Å². The quantitative estimate of drug-likeness (QED) is 0.185. The molecule has 2 amide bonds. The summed E-state index contributed by atoms with van der Waals surface area (Å²) < 4.78 is 81.2. The number of ketones is 1. The molecule has 3 unspecified atom stereocenters. The molecule has 1 aliphatic carbocycles. The number of carbonyl (C=O) groups is 4. The lowest BCUT2D eigenvalue weighted by Crippen LogP contribution is -2.58. The molecule has 3 atom stereocenters. The molecule has 266 valence electrons. The molecule has 49 heavy (non-hydrogen) atoms. The van der Waals surface area contributed by atoms with Crippen molar-refractivity contribution in [3.05, 3.63) is 65.0 Å². The summed E-state index contributed by atoms with van der Waals surface area (Å²) in [6.07, 6.45) is -4.15. The van der Waals surface area contributed by atoms with E-state index in [1.54, 1.807) is 37.8 Å². The van der Waals surface area contributed by atoms with Crippen LogP contribution >= 0.6 is 0 Å². The molecule has 2 aromatic carbocycles. The second-order valence-electron chi connectivity index (χ2n) is 14.5. The Bertz CT molecular complexity index is 1610. The fraction of sp³-hybridized carbons (Fsp3) is 0.556. The second kappa shape index (κ2) is 13.0. The van der Waals surface area contributed by atoms with E-state index in [4.69, 9.17) is 4.74 Å². The number of ether oxygens (including phenoxy) is 2. The standard InChI is InChI=1S/C36H41F5N2O6/c1-33(2,3)49-32(47)43-20-28-35(19-21-6-13-25(37)14-7-21,26-15-12-24(18-27(26)43)34(4,38)36(39,40)41)16-17-42(28)30(45)23-10-8-22(9-11-23)29(44)31(46)48-5/h6-7,12-15,18,22-23,28H,8-11,16-17,19-20H2,1-5H3. The number of nitrogens with zero attached hydrogens (tertiary/aromatic N) is 2. The summed E-state index contributed by atoms with van der Waals surface area (Å²) in [7, 11) is 1.14. The third-order valence-electron chi connectivity index (χ3n) is 10.2. The fourth-order valence-corrected chi connectivity index (χ4v) is 7.56. The van der Waals surface area contributed by atoms with Crippen LogP contribution in [0.15, 0.2) is 42.5 Å². The normalized spacial score (nSPS) is 25.1. The van der Waals surface area contributed by atoms with Crippen molar-refractivity contribution >= 4 is 29.4 Å². The van der Waals surface area contributed by atoms with Gasteiger partial charge in [-0.25, -0.2) is 18.4 Å². The third-order valence-corrected chi connectivity index (χ3v) is 10.2. The van der Waals surface area contributed by atoms with Crippen molar-refractivity contribution < 1.29 is 50.6 Å².